The van der Waals surface area contributed by atoms with E-state index in [1.54, 1.807) is 0 Å². The lowest BCUT2D eigenvalue weighted by Gasteiger charge is -2.04. The van der Waals surface area contributed by atoms with E-state index in [1.165, 1.54) is 13.8 Å². The van der Waals surface area contributed by atoms with Crippen molar-refractivity contribution < 1.29 is 14.7 Å². The fourth-order valence-corrected chi connectivity index (χ4v) is 0.665. The highest BCUT2D eigenvalue weighted by atomic mass is 32.2. The van der Waals surface area contributed by atoms with Gasteiger partial charge in [0.05, 0.1) is 0 Å². The zero-order valence-corrected chi connectivity index (χ0v) is 6.57. The Morgan fingerprint density at radius 3 is 2.40 bits per heavy atom. The highest BCUT2D eigenvalue weighted by Gasteiger charge is 2.09. The number of carboxylic acid groups (broad SMARTS) is 1. The van der Waals surface area contributed by atoms with E-state index < -0.39 is 12.0 Å². The summed E-state index contributed by atoms with van der Waals surface area (Å²) < 4.78 is 2.45. The second-order valence-electron chi connectivity index (χ2n) is 1.77. The number of aliphatic carboxylic acids is 1. The largest absolute Gasteiger partial charge is 0.480 e. The van der Waals surface area contributed by atoms with Crippen LogP contribution < -0.4 is 4.72 Å². The van der Waals surface area contributed by atoms with Crippen molar-refractivity contribution in [2.45, 2.75) is 19.9 Å². The third kappa shape index (κ3) is 4.34. The lowest BCUT2D eigenvalue weighted by molar-refractivity contribution is -0.138. The van der Waals surface area contributed by atoms with Crippen LogP contribution in [0.1, 0.15) is 13.8 Å². The molecule has 0 amide bonds. The zero-order valence-electron chi connectivity index (χ0n) is 5.75. The Morgan fingerprint density at radius 1 is 1.60 bits per heavy atom. The molecular weight excluding hydrogens is 154 g/mol. The normalized spacial score (nSPS) is 12.6. The van der Waals surface area contributed by atoms with E-state index in [1.807, 2.05) is 0 Å². The Morgan fingerprint density at radius 2 is 2.10 bits per heavy atom. The molecule has 0 aliphatic carbocycles. The lowest BCUT2D eigenvalue weighted by atomic mass is 10.4. The van der Waals surface area contributed by atoms with Gasteiger partial charge in [0, 0.05) is 6.92 Å². The van der Waals surface area contributed by atoms with Crippen LogP contribution >= 0.6 is 11.9 Å². The first-order valence-corrected chi connectivity index (χ1v) is 3.51. The smallest absolute Gasteiger partial charge is 0.321 e. The number of rotatable bonds is 3. The van der Waals surface area contributed by atoms with Crippen molar-refractivity contribution in [1.82, 2.24) is 4.72 Å². The van der Waals surface area contributed by atoms with Gasteiger partial charge in [-0.25, -0.2) is 4.72 Å². The summed E-state index contributed by atoms with van der Waals surface area (Å²) >= 11 is 0.798. The highest BCUT2D eigenvalue weighted by Crippen LogP contribution is 1.96. The molecule has 0 saturated heterocycles. The molecule has 0 radical (unpaired) electrons. The first kappa shape index (κ1) is 9.45. The molecule has 0 aromatic carbocycles. The van der Waals surface area contributed by atoms with Crippen LogP contribution in [-0.2, 0) is 9.59 Å². The minimum absolute atomic E-state index is 0.145. The second kappa shape index (κ2) is 4.29. The van der Waals surface area contributed by atoms with Gasteiger partial charge in [-0.1, -0.05) is 0 Å². The molecule has 5 heteroatoms. The molecule has 10 heavy (non-hydrogen) atoms. The van der Waals surface area contributed by atoms with Crippen LogP contribution in [-0.4, -0.2) is 22.2 Å². The fourth-order valence-electron chi connectivity index (χ4n) is 0.222. The summed E-state index contributed by atoms with van der Waals surface area (Å²) in [6.45, 7) is 2.84. The van der Waals surface area contributed by atoms with Gasteiger partial charge in [-0.15, -0.1) is 0 Å². The Bertz CT molecular complexity index is 148. The van der Waals surface area contributed by atoms with Gasteiger partial charge in [0.1, 0.15) is 6.04 Å². The summed E-state index contributed by atoms with van der Waals surface area (Å²) in [7, 11) is 0. The maximum absolute atomic E-state index is 10.3. The summed E-state index contributed by atoms with van der Waals surface area (Å²) in [4.78, 5) is 20.4. The molecule has 0 aliphatic rings. The molecule has 0 saturated carbocycles. The number of nitrogens with one attached hydrogen (secondary N) is 1. The Hall–Kier alpha value is -0.550. The topological polar surface area (TPSA) is 66.4 Å². The molecule has 0 bridgehead atoms. The van der Waals surface area contributed by atoms with Gasteiger partial charge < -0.3 is 5.11 Å². The average molecular weight is 163 g/mol. The minimum Gasteiger partial charge on any atom is -0.480 e. The Kier molecular flexibility index (Phi) is 4.06. The quantitative estimate of drug-likeness (QED) is 0.583. The van der Waals surface area contributed by atoms with Gasteiger partial charge in [0.25, 0.3) is 0 Å². The van der Waals surface area contributed by atoms with E-state index in [9.17, 15) is 9.59 Å². The standard InChI is InChI=1S/C5H9NO3S/c1-3(5(8)9)6-10-4(2)7/h3,6H,1-2H3,(H,8,9)/t3-/m0/s1. The molecule has 58 valence electrons. The number of carbonyl (C=O) groups is 2. The van der Waals surface area contributed by atoms with E-state index in [-0.39, 0.29) is 5.12 Å². The van der Waals surface area contributed by atoms with Crippen molar-refractivity contribution in [2.75, 3.05) is 0 Å². The van der Waals surface area contributed by atoms with Crippen molar-refractivity contribution in [2.24, 2.45) is 0 Å². The van der Waals surface area contributed by atoms with Gasteiger partial charge in [-0.05, 0) is 18.9 Å². The molecule has 1 atom stereocenters. The van der Waals surface area contributed by atoms with E-state index in [0.717, 1.165) is 11.9 Å². The van der Waals surface area contributed by atoms with Crippen LogP contribution in [0.2, 0.25) is 0 Å². The van der Waals surface area contributed by atoms with Crippen LogP contribution in [0.4, 0.5) is 0 Å². The minimum atomic E-state index is -0.964. The average Bonchev–Trinajstić information content (AvgIpc) is 1.82. The summed E-state index contributed by atoms with van der Waals surface area (Å²) in [5, 5.41) is 8.16. The second-order valence-corrected chi connectivity index (χ2v) is 2.79. The molecule has 0 aromatic rings. The van der Waals surface area contributed by atoms with E-state index in [4.69, 9.17) is 5.11 Å². The number of hydrogen-bond donors (Lipinski definition) is 2. The van der Waals surface area contributed by atoms with Crippen molar-refractivity contribution in [3.8, 4) is 0 Å². The highest BCUT2D eigenvalue weighted by molar-refractivity contribution is 8.11. The van der Waals surface area contributed by atoms with Crippen molar-refractivity contribution >= 4 is 23.0 Å². The molecule has 0 aromatic heterocycles. The van der Waals surface area contributed by atoms with Crippen LogP contribution in [0.3, 0.4) is 0 Å². The zero-order chi connectivity index (χ0) is 8.15. The van der Waals surface area contributed by atoms with Crippen molar-refractivity contribution in [3.05, 3.63) is 0 Å². The molecule has 0 aliphatic heterocycles. The molecule has 0 heterocycles. The maximum Gasteiger partial charge on any atom is 0.321 e. The van der Waals surface area contributed by atoms with E-state index >= 15 is 0 Å². The Labute approximate surface area is 63.1 Å². The number of carboxylic acids is 1. The van der Waals surface area contributed by atoms with Gasteiger partial charge in [0.15, 0.2) is 0 Å². The first-order valence-electron chi connectivity index (χ1n) is 2.69. The Balaban J connectivity index is 3.49. The van der Waals surface area contributed by atoms with Gasteiger partial charge in [-0.3, -0.25) is 9.59 Å². The van der Waals surface area contributed by atoms with Gasteiger partial charge in [-0.2, -0.15) is 0 Å². The van der Waals surface area contributed by atoms with Gasteiger partial charge in [0.2, 0.25) is 5.12 Å². The third-order valence-corrected chi connectivity index (χ3v) is 1.51. The van der Waals surface area contributed by atoms with E-state index in [0.29, 0.717) is 0 Å². The van der Waals surface area contributed by atoms with Crippen LogP contribution in [0.25, 0.3) is 0 Å². The van der Waals surface area contributed by atoms with Crippen LogP contribution in [0.15, 0.2) is 0 Å². The predicted molar refractivity (Wildman–Crippen MR) is 38.5 cm³/mol. The van der Waals surface area contributed by atoms with Gasteiger partial charge >= 0.3 is 5.97 Å². The third-order valence-electron chi connectivity index (χ3n) is 0.750. The predicted octanol–water partition coefficient (Wildman–Crippen LogP) is 0.244. The summed E-state index contributed by atoms with van der Waals surface area (Å²) in [6.07, 6.45) is 0. The molecule has 4 nitrogen and oxygen atoms in total. The molecule has 0 spiro atoms. The molecule has 0 fully saturated rings. The molecule has 0 unspecified atom stereocenters. The van der Waals surface area contributed by atoms with E-state index in [2.05, 4.69) is 4.72 Å². The summed E-state index contributed by atoms with van der Waals surface area (Å²) in [5.74, 6) is -0.964. The number of hydrogen-bond acceptors (Lipinski definition) is 4. The first-order chi connectivity index (χ1) is 4.54. The molecule has 0 rings (SSSR count). The molecule has 2 N–H and O–H groups in total. The van der Waals surface area contributed by atoms with Crippen LogP contribution in [0, 0.1) is 0 Å². The number of carbonyl (C=O) groups excluding carboxylic acids is 1. The summed E-state index contributed by atoms with van der Waals surface area (Å²) in [5.41, 5.74) is 0. The molecular formula is C5H9NO3S. The lowest BCUT2D eigenvalue weighted by Crippen LogP contribution is -2.29. The maximum atomic E-state index is 10.3. The SMILES string of the molecule is CC(=O)SN[C@@H](C)C(=O)O. The van der Waals surface area contributed by atoms with Crippen molar-refractivity contribution in [3.63, 3.8) is 0 Å². The summed E-state index contributed by atoms with van der Waals surface area (Å²) in [6, 6.07) is -0.686. The monoisotopic (exact) mass is 163 g/mol. The van der Waals surface area contributed by atoms with Crippen molar-refractivity contribution in [1.29, 1.82) is 0 Å². The van der Waals surface area contributed by atoms with Crippen LogP contribution in [0.5, 0.6) is 0 Å². The fraction of sp³-hybridized carbons (Fsp3) is 0.600.